The third-order valence-electron chi connectivity index (χ3n) is 3.29. The number of nitro groups is 1. The summed E-state index contributed by atoms with van der Waals surface area (Å²) in [5.74, 6) is -1.14. The summed E-state index contributed by atoms with van der Waals surface area (Å²) in [5.41, 5.74) is 0. The van der Waals surface area contributed by atoms with Crippen LogP contribution in [0.4, 0.5) is 5.82 Å². The first-order valence-corrected chi connectivity index (χ1v) is 8.49. The maximum Gasteiger partial charge on any atom is 0.410 e. The SMILES string of the molecule is CC(C(=O)N1CCCC1)n1cc(S(=O)(=O)Cl)c([N+](=O)[O-])n1. The summed E-state index contributed by atoms with van der Waals surface area (Å²) >= 11 is 0. The molecule has 11 heteroatoms. The standard InChI is InChI=1S/C10H13ClN4O5S/c1-7(10(16)13-4-2-3-5-13)14-6-8(21(11,19)20)9(12-14)15(17)18/h6-7H,2-5H2,1H3. The minimum atomic E-state index is -4.31. The third-order valence-corrected chi connectivity index (χ3v) is 4.60. The average molecular weight is 337 g/mol. The largest absolute Gasteiger partial charge is 0.410 e. The van der Waals surface area contributed by atoms with Crippen LogP contribution in [0.2, 0.25) is 0 Å². The molecule has 2 heterocycles. The second-order valence-corrected chi connectivity index (χ2v) is 7.23. The zero-order valence-electron chi connectivity index (χ0n) is 11.1. The number of hydrogen-bond donors (Lipinski definition) is 0. The molecule has 0 aliphatic carbocycles. The molecule has 21 heavy (non-hydrogen) atoms. The maximum absolute atomic E-state index is 12.2. The molecule has 0 radical (unpaired) electrons. The van der Waals surface area contributed by atoms with Gasteiger partial charge in [0.2, 0.25) is 10.8 Å². The quantitative estimate of drug-likeness (QED) is 0.458. The Hall–Kier alpha value is -1.68. The van der Waals surface area contributed by atoms with Gasteiger partial charge in [0.15, 0.2) is 0 Å². The van der Waals surface area contributed by atoms with Crippen molar-refractivity contribution in [2.75, 3.05) is 13.1 Å². The van der Waals surface area contributed by atoms with E-state index in [1.54, 1.807) is 4.90 Å². The van der Waals surface area contributed by atoms with Gasteiger partial charge in [0, 0.05) is 23.8 Å². The van der Waals surface area contributed by atoms with Crippen LogP contribution in [0.15, 0.2) is 11.1 Å². The minimum absolute atomic E-state index is 0.261. The smallest absolute Gasteiger partial charge is 0.358 e. The molecule has 1 fully saturated rings. The van der Waals surface area contributed by atoms with Gasteiger partial charge in [-0.2, -0.15) is 4.68 Å². The zero-order chi connectivity index (χ0) is 15.8. The number of likely N-dealkylation sites (tertiary alicyclic amines) is 1. The number of rotatable bonds is 4. The van der Waals surface area contributed by atoms with Crippen molar-refractivity contribution in [1.29, 1.82) is 0 Å². The Morgan fingerprint density at radius 2 is 2.05 bits per heavy atom. The molecular formula is C10H13ClN4O5S. The Morgan fingerprint density at radius 3 is 2.48 bits per heavy atom. The van der Waals surface area contributed by atoms with Gasteiger partial charge in [-0.1, -0.05) is 0 Å². The van der Waals surface area contributed by atoms with Gasteiger partial charge in [0.05, 0.1) is 11.3 Å². The van der Waals surface area contributed by atoms with E-state index in [0.717, 1.165) is 23.7 Å². The van der Waals surface area contributed by atoms with E-state index >= 15 is 0 Å². The molecule has 9 nitrogen and oxygen atoms in total. The molecule has 1 aromatic heterocycles. The lowest BCUT2D eigenvalue weighted by Crippen LogP contribution is -2.34. The molecule has 1 aromatic rings. The lowest BCUT2D eigenvalue weighted by molar-refractivity contribution is -0.392. The van der Waals surface area contributed by atoms with Crippen molar-refractivity contribution < 1.29 is 18.1 Å². The van der Waals surface area contributed by atoms with Crippen LogP contribution in [0.25, 0.3) is 0 Å². The molecule has 0 saturated carbocycles. The molecular weight excluding hydrogens is 324 g/mol. The van der Waals surface area contributed by atoms with Crippen molar-refractivity contribution in [3.05, 3.63) is 16.3 Å². The van der Waals surface area contributed by atoms with E-state index < -0.39 is 30.7 Å². The molecule has 1 saturated heterocycles. The first kappa shape index (κ1) is 15.7. The van der Waals surface area contributed by atoms with E-state index in [9.17, 15) is 23.3 Å². The van der Waals surface area contributed by atoms with E-state index in [4.69, 9.17) is 10.7 Å². The van der Waals surface area contributed by atoms with Crippen LogP contribution in [0.1, 0.15) is 25.8 Å². The summed E-state index contributed by atoms with van der Waals surface area (Å²) < 4.78 is 23.6. The molecule has 0 spiro atoms. The zero-order valence-corrected chi connectivity index (χ0v) is 12.7. The van der Waals surface area contributed by atoms with Crippen molar-refractivity contribution in [2.24, 2.45) is 0 Å². The number of hydrogen-bond acceptors (Lipinski definition) is 6. The number of aromatic nitrogens is 2. The number of carbonyl (C=O) groups excluding carboxylic acids is 1. The topological polar surface area (TPSA) is 115 Å². The second-order valence-electron chi connectivity index (χ2n) is 4.70. The van der Waals surface area contributed by atoms with E-state index in [1.807, 2.05) is 0 Å². The Kier molecular flexibility index (Phi) is 4.19. The van der Waals surface area contributed by atoms with Gasteiger partial charge in [-0.05, 0) is 24.7 Å². The highest BCUT2D eigenvalue weighted by atomic mass is 35.7. The van der Waals surface area contributed by atoms with Crippen molar-refractivity contribution in [3.8, 4) is 0 Å². The van der Waals surface area contributed by atoms with Gasteiger partial charge in [0.1, 0.15) is 6.04 Å². The van der Waals surface area contributed by atoms with Crippen LogP contribution in [-0.4, -0.2) is 47.0 Å². The van der Waals surface area contributed by atoms with Crippen LogP contribution in [0.3, 0.4) is 0 Å². The average Bonchev–Trinajstić information content (AvgIpc) is 3.05. The highest BCUT2D eigenvalue weighted by molar-refractivity contribution is 8.13. The predicted octanol–water partition coefficient (Wildman–Crippen LogP) is 0.902. The van der Waals surface area contributed by atoms with Crippen molar-refractivity contribution >= 4 is 31.5 Å². The fourth-order valence-corrected chi connectivity index (χ4v) is 3.07. The van der Waals surface area contributed by atoms with Gasteiger partial charge >= 0.3 is 5.82 Å². The van der Waals surface area contributed by atoms with E-state index in [1.165, 1.54) is 6.92 Å². The normalized spacial score (nSPS) is 17.0. The number of nitrogens with zero attached hydrogens (tertiary/aromatic N) is 4. The second kappa shape index (κ2) is 5.60. The molecule has 0 bridgehead atoms. The van der Waals surface area contributed by atoms with Gasteiger partial charge in [-0.3, -0.25) is 4.79 Å². The Morgan fingerprint density at radius 1 is 1.48 bits per heavy atom. The first-order chi connectivity index (χ1) is 9.71. The predicted molar refractivity (Wildman–Crippen MR) is 72.4 cm³/mol. The lowest BCUT2D eigenvalue weighted by atomic mass is 10.3. The van der Waals surface area contributed by atoms with Crippen LogP contribution < -0.4 is 0 Å². The van der Waals surface area contributed by atoms with E-state index in [0.29, 0.717) is 13.1 Å². The van der Waals surface area contributed by atoms with Crippen LogP contribution in [0, 0.1) is 10.1 Å². The summed E-state index contributed by atoms with van der Waals surface area (Å²) in [7, 11) is 0.838. The molecule has 0 aromatic carbocycles. The fraction of sp³-hybridized carbons (Fsp3) is 0.600. The van der Waals surface area contributed by atoms with Crippen molar-refractivity contribution in [1.82, 2.24) is 14.7 Å². The Labute approximate surface area is 125 Å². The summed E-state index contributed by atoms with van der Waals surface area (Å²) in [4.78, 5) is 23.0. The van der Waals surface area contributed by atoms with E-state index in [2.05, 4.69) is 5.10 Å². The van der Waals surface area contributed by atoms with Crippen molar-refractivity contribution in [2.45, 2.75) is 30.7 Å². The van der Waals surface area contributed by atoms with Gasteiger partial charge in [-0.25, -0.2) is 8.42 Å². The molecule has 2 rings (SSSR count). The maximum atomic E-state index is 12.2. The van der Waals surface area contributed by atoms with Crippen LogP contribution in [-0.2, 0) is 13.8 Å². The monoisotopic (exact) mass is 336 g/mol. The summed E-state index contributed by atoms with van der Waals surface area (Å²) in [6.45, 7) is 2.74. The summed E-state index contributed by atoms with van der Waals surface area (Å²) in [5, 5.41) is 14.4. The molecule has 1 unspecified atom stereocenters. The molecule has 1 amide bonds. The first-order valence-electron chi connectivity index (χ1n) is 6.19. The van der Waals surface area contributed by atoms with Crippen LogP contribution in [0.5, 0.6) is 0 Å². The van der Waals surface area contributed by atoms with Gasteiger partial charge in [0.25, 0.3) is 9.05 Å². The minimum Gasteiger partial charge on any atom is -0.358 e. The Bertz CT molecular complexity index is 680. The van der Waals surface area contributed by atoms with Crippen molar-refractivity contribution in [3.63, 3.8) is 0 Å². The molecule has 0 N–H and O–H groups in total. The number of halogens is 1. The summed E-state index contributed by atoms with van der Waals surface area (Å²) in [6, 6.07) is -0.839. The van der Waals surface area contributed by atoms with Crippen LogP contribution >= 0.6 is 10.7 Å². The molecule has 1 aliphatic rings. The Balaban J connectivity index is 2.36. The molecule has 1 aliphatic heterocycles. The molecule has 1 atom stereocenters. The molecule has 116 valence electrons. The third kappa shape index (κ3) is 3.16. The van der Waals surface area contributed by atoms with E-state index in [-0.39, 0.29) is 5.91 Å². The number of carbonyl (C=O) groups is 1. The highest BCUT2D eigenvalue weighted by Crippen LogP contribution is 2.27. The van der Waals surface area contributed by atoms with Gasteiger partial charge < -0.3 is 15.0 Å². The lowest BCUT2D eigenvalue weighted by Gasteiger charge is -2.18. The fourth-order valence-electron chi connectivity index (χ4n) is 2.18. The number of amides is 1. The van der Waals surface area contributed by atoms with Gasteiger partial charge in [-0.15, -0.1) is 0 Å². The highest BCUT2D eigenvalue weighted by Gasteiger charge is 2.34. The summed E-state index contributed by atoms with van der Waals surface area (Å²) in [6.07, 6.45) is 2.72.